The zero-order valence-electron chi connectivity index (χ0n) is 13.5. The van der Waals surface area contributed by atoms with Crippen LogP contribution in [0.15, 0.2) is 18.2 Å². The van der Waals surface area contributed by atoms with Crippen LogP contribution < -0.4 is 0 Å². The van der Waals surface area contributed by atoms with Gasteiger partial charge < -0.3 is 10.0 Å². The Bertz CT molecular complexity index is 521. The maximum absolute atomic E-state index is 12.4. The van der Waals surface area contributed by atoms with Crippen molar-refractivity contribution in [3.05, 3.63) is 34.9 Å². The van der Waals surface area contributed by atoms with Crippen LogP contribution in [0, 0.1) is 6.92 Å². The number of carboxylic acids is 1. The number of carboxylic acid groups (broad SMARTS) is 1. The highest BCUT2D eigenvalue weighted by atomic mass is 16.4. The number of carbonyl (C=O) groups excluding carboxylic acids is 1. The molecule has 1 atom stereocenters. The lowest BCUT2D eigenvalue weighted by Gasteiger charge is -2.23. The maximum atomic E-state index is 12.4. The molecule has 0 radical (unpaired) electrons. The molecule has 4 nitrogen and oxygen atoms in total. The summed E-state index contributed by atoms with van der Waals surface area (Å²) in [6.45, 7) is 7.72. The first-order valence-electron chi connectivity index (χ1n) is 7.43. The molecule has 1 aromatic rings. The van der Waals surface area contributed by atoms with Gasteiger partial charge in [-0.05, 0) is 49.8 Å². The highest BCUT2D eigenvalue weighted by Crippen LogP contribution is 2.25. The van der Waals surface area contributed by atoms with Crippen molar-refractivity contribution >= 4 is 11.9 Å². The average molecular weight is 291 g/mol. The Morgan fingerprint density at radius 2 is 1.81 bits per heavy atom. The third kappa shape index (κ3) is 3.84. The Kier molecular flexibility index (Phi) is 5.94. The zero-order valence-corrected chi connectivity index (χ0v) is 13.5. The first-order valence-corrected chi connectivity index (χ1v) is 7.43. The van der Waals surface area contributed by atoms with Crippen LogP contribution in [0.3, 0.4) is 0 Å². The Morgan fingerprint density at radius 3 is 2.24 bits per heavy atom. The number of likely N-dealkylation sites (N-methyl/N-ethyl adjacent to an activating group) is 1. The third-order valence-electron chi connectivity index (χ3n) is 4.20. The van der Waals surface area contributed by atoms with E-state index < -0.39 is 12.0 Å². The van der Waals surface area contributed by atoms with Crippen molar-refractivity contribution in [2.24, 2.45) is 0 Å². The molecule has 116 valence electrons. The predicted molar refractivity (Wildman–Crippen MR) is 83.7 cm³/mol. The van der Waals surface area contributed by atoms with Gasteiger partial charge >= 0.3 is 5.97 Å². The van der Waals surface area contributed by atoms with Crippen LogP contribution in [0.5, 0.6) is 0 Å². The summed E-state index contributed by atoms with van der Waals surface area (Å²) in [6.07, 6.45) is 2.14. The monoisotopic (exact) mass is 291 g/mol. The molecule has 1 amide bonds. The molecule has 1 unspecified atom stereocenters. The average Bonchev–Trinajstić information content (AvgIpc) is 2.46. The highest BCUT2D eigenvalue weighted by molar-refractivity contribution is 5.97. The minimum Gasteiger partial charge on any atom is -0.480 e. The third-order valence-corrected chi connectivity index (χ3v) is 4.20. The number of aryl methyl sites for hydroxylation is 1. The van der Waals surface area contributed by atoms with Crippen molar-refractivity contribution in [2.75, 3.05) is 7.05 Å². The van der Waals surface area contributed by atoms with E-state index in [0.717, 1.165) is 18.4 Å². The maximum Gasteiger partial charge on any atom is 0.326 e. The van der Waals surface area contributed by atoms with Gasteiger partial charge in [0, 0.05) is 12.6 Å². The van der Waals surface area contributed by atoms with E-state index in [0.29, 0.717) is 11.5 Å². The number of carbonyl (C=O) groups is 2. The van der Waals surface area contributed by atoms with Crippen molar-refractivity contribution in [2.45, 2.75) is 52.5 Å². The molecule has 4 heteroatoms. The van der Waals surface area contributed by atoms with Gasteiger partial charge in [0.25, 0.3) is 5.91 Å². The molecular formula is C17H25NO3. The topological polar surface area (TPSA) is 57.6 Å². The quantitative estimate of drug-likeness (QED) is 0.873. The SMILES string of the molecule is CCC(CC)c1ccc(C(=O)N(C)C(C)C(=O)O)c(C)c1. The molecule has 1 rings (SSSR count). The first kappa shape index (κ1) is 17.2. The second-order valence-electron chi connectivity index (χ2n) is 5.52. The fraction of sp³-hybridized carbons (Fsp3) is 0.529. The smallest absolute Gasteiger partial charge is 0.326 e. The molecule has 0 saturated carbocycles. The Balaban J connectivity index is 3.04. The van der Waals surface area contributed by atoms with Crippen LogP contribution in [0.2, 0.25) is 0 Å². The van der Waals surface area contributed by atoms with E-state index >= 15 is 0 Å². The van der Waals surface area contributed by atoms with Crippen LogP contribution in [0.1, 0.15) is 61.0 Å². The van der Waals surface area contributed by atoms with Crippen LogP contribution in [0.25, 0.3) is 0 Å². The van der Waals surface area contributed by atoms with Crippen LogP contribution >= 0.6 is 0 Å². The molecule has 0 aliphatic heterocycles. The van der Waals surface area contributed by atoms with E-state index in [1.165, 1.54) is 24.4 Å². The molecule has 0 heterocycles. The largest absolute Gasteiger partial charge is 0.480 e. The van der Waals surface area contributed by atoms with E-state index in [9.17, 15) is 9.59 Å². The lowest BCUT2D eigenvalue weighted by molar-refractivity contribution is -0.141. The summed E-state index contributed by atoms with van der Waals surface area (Å²) in [6, 6.07) is 5.01. The molecule has 1 aromatic carbocycles. The summed E-state index contributed by atoms with van der Waals surface area (Å²) in [5.74, 6) is -0.751. The summed E-state index contributed by atoms with van der Waals surface area (Å²) < 4.78 is 0. The van der Waals surface area contributed by atoms with E-state index in [1.807, 2.05) is 25.1 Å². The van der Waals surface area contributed by atoms with Gasteiger partial charge in [-0.1, -0.05) is 26.0 Å². The second kappa shape index (κ2) is 7.25. The molecule has 0 spiro atoms. The molecule has 0 saturated heterocycles. The highest BCUT2D eigenvalue weighted by Gasteiger charge is 2.24. The first-order chi connectivity index (χ1) is 9.83. The molecule has 0 aliphatic carbocycles. The van der Waals surface area contributed by atoms with Gasteiger partial charge in [0.1, 0.15) is 6.04 Å². The summed E-state index contributed by atoms with van der Waals surface area (Å²) in [7, 11) is 1.52. The van der Waals surface area contributed by atoms with Crippen LogP contribution in [-0.4, -0.2) is 35.0 Å². The number of hydrogen-bond donors (Lipinski definition) is 1. The number of benzene rings is 1. The number of rotatable bonds is 6. The van der Waals surface area contributed by atoms with Crippen LogP contribution in [-0.2, 0) is 4.79 Å². The van der Waals surface area contributed by atoms with Crippen molar-refractivity contribution in [3.8, 4) is 0 Å². The summed E-state index contributed by atoms with van der Waals surface area (Å²) >= 11 is 0. The Hall–Kier alpha value is -1.84. The normalized spacial score (nSPS) is 12.3. The fourth-order valence-corrected chi connectivity index (χ4v) is 2.47. The lowest BCUT2D eigenvalue weighted by Crippen LogP contribution is -2.40. The Labute approximate surface area is 126 Å². The zero-order chi connectivity index (χ0) is 16.2. The van der Waals surface area contributed by atoms with Gasteiger partial charge in [-0.25, -0.2) is 4.79 Å². The minimum atomic E-state index is -1.00. The van der Waals surface area contributed by atoms with E-state index in [-0.39, 0.29) is 5.91 Å². The number of aliphatic carboxylic acids is 1. The minimum absolute atomic E-state index is 0.251. The van der Waals surface area contributed by atoms with Crippen molar-refractivity contribution in [3.63, 3.8) is 0 Å². The van der Waals surface area contributed by atoms with Gasteiger partial charge in [-0.3, -0.25) is 4.79 Å². The van der Waals surface area contributed by atoms with Gasteiger partial charge in [-0.2, -0.15) is 0 Å². The summed E-state index contributed by atoms with van der Waals surface area (Å²) in [4.78, 5) is 24.6. The van der Waals surface area contributed by atoms with Gasteiger partial charge in [0.15, 0.2) is 0 Å². The molecule has 21 heavy (non-hydrogen) atoms. The Morgan fingerprint density at radius 1 is 1.24 bits per heavy atom. The van der Waals surface area contributed by atoms with E-state index in [2.05, 4.69) is 13.8 Å². The standard InChI is InChI=1S/C17H25NO3/c1-6-13(7-2)14-8-9-15(11(3)10-14)16(19)18(5)12(4)17(20)21/h8-10,12-13H,6-7H2,1-5H3,(H,20,21). The number of nitrogens with zero attached hydrogens (tertiary/aromatic N) is 1. The molecule has 0 aromatic heterocycles. The van der Waals surface area contributed by atoms with Crippen molar-refractivity contribution < 1.29 is 14.7 Å². The summed E-state index contributed by atoms with van der Waals surface area (Å²) in [5, 5.41) is 9.00. The van der Waals surface area contributed by atoms with Gasteiger partial charge in [-0.15, -0.1) is 0 Å². The van der Waals surface area contributed by atoms with E-state index in [1.54, 1.807) is 0 Å². The lowest BCUT2D eigenvalue weighted by atomic mass is 9.91. The number of amides is 1. The second-order valence-corrected chi connectivity index (χ2v) is 5.52. The number of hydrogen-bond acceptors (Lipinski definition) is 2. The van der Waals surface area contributed by atoms with E-state index in [4.69, 9.17) is 5.11 Å². The van der Waals surface area contributed by atoms with Crippen molar-refractivity contribution in [1.29, 1.82) is 0 Å². The summed E-state index contributed by atoms with van der Waals surface area (Å²) in [5.41, 5.74) is 2.71. The van der Waals surface area contributed by atoms with Gasteiger partial charge in [0.05, 0.1) is 0 Å². The molecule has 0 bridgehead atoms. The van der Waals surface area contributed by atoms with Gasteiger partial charge in [0.2, 0.25) is 0 Å². The van der Waals surface area contributed by atoms with Crippen molar-refractivity contribution in [1.82, 2.24) is 4.90 Å². The molecule has 1 N–H and O–H groups in total. The molecule has 0 aliphatic rings. The van der Waals surface area contributed by atoms with Crippen LogP contribution in [0.4, 0.5) is 0 Å². The molecular weight excluding hydrogens is 266 g/mol. The predicted octanol–water partition coefficient (Wildman–Crippen LogP) is 3.44. The fourth-order valence-electron chi connectivity index (χ4n) is 2.47. The molecule has 0 fully saturated rings.